The molecule has 218 valence electrons. The summed E-state index contributed by atoms with van der Waals surface area (Å²) in [7, 11) is 0. The summed E-state index contributed by atoms with van der Waals surface area (Å²) in [5, 5.41) is 0. The SMILES string of the molecule is [CH]1CCCCCCCCC(CCCC2CCCCCCC[CH]CCCCCCCC2)CCCCCCC1. The lowest BCUT2D eigenvalue weighted by Gasteiger charge is -2.21. The van der Waals surface area contributed by atoms with Gasteiger partial charge in [-0.1, -0.05) is 212 Å². The predicted molar refractivity (Wildman–Crippen MR) is 168 cm³/mol. The molecule has 0 amide bonds. The Hall–Kier alpha value is 0. The summed E-state index contributed by atoms with van der Waals surface area (Å²) >= 11 is 0. The van der Waals surface area contributed by atoms with E-state index in [0.717, 1.165) is 11.8 Å². The topological polar surface area (TPSA) is 0 Å². The first-order valence-corrected chi connectivity index (χ1v) is 18.1. The Morgan fingerprint density at radius 3 is 0.838 bits per heavy atom. The van der Waals surface area contributed by atoms with Crippen LogP contribution in [-0.4, -0.2) is 0 Å². The second-order valence-corrected chi connectivity index (χ2v) is 13.3. The van der Waals surface area contributed by atoms with Crippen molar-refractivity contribution in [2.24, 2.45) is 11.8 Å². The van der Waals surface area contributed by atoms with Crippen LogP contribution in [0.25, 0.3) is 0 Å². The maximum absolute atomic E-state index is 2.58. The minimum atomic E-state index is 1.04. The van der Waals surface area contributed by atoms with Crippen LogP contribution in [0, 0.1) is 24.7 Å². The Kier molecular flexibility index (Phi) is 23.5. The van der Waals surface area contributed by atoms with Crippen LogP contribution in [0.5, 0.6) is 0 Å². The van der Waals surface area contributed by atoms with E-state index < -0.39 is 0 Å². The van der Waals surface area contributed by atoms with Crippen LogP contribution >= 0.6 is 0 Å². The first-order chi connectivity index (χ1) is 18.4. The molecule has 0 heterocycles. The highest BCUT2D eigenvalue weighted by Gasteiger charge is 2.13. The number of hydrogen-bond donors (Lipinski definition) is 0. The molecule has 2 fully saturated rings. The molecule has 0 aromatic carbocycles. The van der Waals surface area contributed by atoms with E-state index in [1.165, 1.54) is 199 Å². The lowest BCUT2D eigenvalue weighted by Crippen LogP contribution is -2.06. The van der Waals surface area contributed by atoms with Crippen molar-refractivity contribution in [3.05, 3.63) is 12.8 Å². The van der Waals surface area contributed by atoms with Crippen molar-refractivity contribution in [2.75, 3.05) is 0 Å². The van der Waals surface area contributed by atoms with Crippen LogP contribution in [0.15, 0.2) is 0 Å². The molecule has 0 bridgehead atoms. The van der Waals surface area contributed by atoms with Crippen molar-refractivity contribution in [1.82, 2.24) is 0 Å². The smallest absolute Gasteiger partial charge is 0.0386 e. The maximum atomic E-state index is 2.58. The molecule has 0 aliphatic heterocycles. The summed E-state index contributed by atoms with van der Waals surface area (Å²) < 4.78 is 0. The molecular formula is C37H70. The van der Waals surface area contributed by atoms with E-state index in [-0.39, 0.29) is 0 Å². The van der Waals surface area contributed by atoms with Gasteiger partial charge in [-0.05, 0) is 24.7 Å². The third-order valence-electron chi connectivity index (χ3n) is 9.81. The van der Waals surface area contributed by atoms with Crippen LogP contribution in [-0.2, 0) is 0 Å². The van der Waals surface area contributed by atoms with E-state index in [4.69, 9.17) is 0 Å². The molecule has 0 N–H and O–H groups in total. The zero-order valence-electron chi connectivity index (χ0n) is 25.6. The lowest BCUT2D eigenvalue weighted by atomic mass is 9.85. The molecule has 2 radical (unpaired) electrons. The molecule has 2 aliphatic rings. The molecule has 2 atom stereocenters. The fourth-order valence-corrected chi connectivity index (χ4v) is 7.21. The van der Waals surface area contributed by atoms with Crippen molar-refractivity contribution >= 4 is 0 Å². The Bertz CT molecular complexity index is 363. The summed E-state index contributed by atoms with van der Waals surface area (Å²) in [6.07, 6.45) is 54.1. The Morgan fingerprint density at radius 2 is 0.541 bits per heavy atom. The summed E-state index contributed by atoms with van der Waals surface area (Å²) in [4.78, 5) is 0. The normalized spacial score (nSPS) is 24.6. The summed E-state index contributed by atoms with van der Waals surface area (Å²) in [5.74, 6) is 2.08. The maximum Gasteiger partial charge on any atom is -0.0386 e. The van der Waals surface area contributed by atoms with Crippen molar-refractivity contribution in [2.45, 2.75) is 212 Å². The van der Waals surface area contributed by atoms with Gasteiger partial charge in [0.05, 0.1) is 0 Å². The standard InChI is InChI=1S/C37H70/c1-2-6-10-14-18-22-26-31-36(30-25-21-17-13-9-5-1)34-29-35-37-32-27-23-19-15-11-7-3-4-8-12-16-20-24-28-33-37/h1,3,36-37H,2,4-35H2. The molecule has 0 saturated heterocycles. The summed E-state index contributed by atoms with van der Waals surface area (Å²) in [6.45, 7) is 0. The van der Waals surface area contributed by atoms with Crippen LogP contribution in [0.1, 0.15) is 212 Å². The highest BCUT2D eigenvalue weighted by Crippen LogP contribution is 2.29. The molecule has 0 heteroatoms. The minimum Gasteiger partial charge on any atom is -0.0533 e. The zero-order valence-corrected chi connectivity index (χ0v) is 25.6. The highest BCUT2D eigenvalue weighted by molar-refractivity contribution is 4.69. The van der Waals surface area contributed by atoms with Gasteiger partial charge in [0.1, 0.15) is 0 Å². The largest absolute Gasteiger partial charge is 0.0533 e. The van der Waals surface area contributed by atoms with Gasteiger partial charge < -0.3 is 0 Å². The Balaban J connectivity index is 1.70. The molecule has 2 aliphatic carbocycles. The molecule has 0 spiro atoms. The molecule has 0 nitrogen and oxygen atoms in total. The van der Waals surface area contributed by atoms with Crippen LogP contribution in [0.3, 0.4) is 0 Å². The first-order valence-electron chi connectivity index (χ1n) is 18.1. The van der Waals surface area contributed by atoms with Crippen LogP contribution < -0.4 is 0 Å². The average molecular weight is 515 g/mol. The third kappa shape index (κ3) is 21.5. The van der Waals surface area contributed by atoms with Gasteiger partial charge in [-0.3, -0.25) is 0 Å². The van der Waals surface area contributed by atoms with Gasteiger partial charge in [-0.15, -0.1) is 0 Å². The second-order valence-electron chi connectivity index (χ2n) is 13.3. The molecule has 0 aromatic rings. The van der Waals surface area contributed by atoms with Crippen LogP contribution in [0.4, 0.5) is 0 Å². The zero-order chi connectivity index (χ0) is 25.9. The van der Waals surface area contributed by atoms with Crippen molar-refractivity contribution < 1.29 is 0 Å². The van der Waals surface area contributed by atoms with Gasteiger partial charge in [-0.25, -0.2) is 0 Å². The van der Waals surface area contributed by atoms with Gasteiger partial charge in [0.15, 0.2) is 0 Å². The van der Waals surface area contributed by atoms with Gasteiger partial charge in [0.2, 0.25) is 0 Å². The number of hydrogen-bond acceptors (Lipinski definition) is 0. The molecule has 37 heavy (non-hydrogen) atoms. The van der Waals surface area contributed by atoms with E-state index >= 15 is 0 Å². The number of rotatable bonds is 4. The van der Waals surface area contributed by atoms with Gasteiger partial charge >= 0.3 is 0 Å². The van der Waals surface area contributed by atoms with E-state index in [0.29, 0.717) is 0 Å². The third-order valence-corrected chi connectivity index (χ3v) is 9.81. The first kappa shape index (κ1) is 33.2. The quantitative estimate of drug-likeness (QED) is 0.350. The molecule has 0 aromatic heterocycles. The molecular weight excluding hydrogens is 444 g/mol. The highest BCUT2D eigenvalue weighted by atomic mass is 14.2. The Labute approximate surface area is 236 Å². The van der Waals surface area contributed by atoms with Gasteiger partial charge in [-0.2, -0.15) is 0 Å². The molecule has 2 saturated carbocycles. The van der Waals surface area contributed by atoms with E-state index in [1.54, 1.807) is 12.8 Å². The fourth-order valence-electron chi connectivity index (χ4n) is 7.21. The summed E-state index contributed by atoms with van der Waals surface area (Å²) in [6, 6.07) is 0. The van der Waals surface area contributed by atoms with Crippen molar-refractivity contribution in [3.63, 3.8) is 0 Å². The second kappa shape index (κ2) is 26.2. The van der Waals surface area contributed by atoms with Crippen LogP contribution in [0.2, 0.25) is 0 Å². The monoisotopic (exact) mass is 515 g/mol. The van der Waals surface area contributed by atoms with E-state index in [2.05, 4.69) is 12.8 Å². The van der Waals surface area contributed by atoms with Gasteiger partial charge in [0, 0.05) is 0 Å². The molecule has 2 rings (SSSR count). The lowest BCUT2D eigenvalue weighted by molar-refractivity contribution is 0.326. The van der Waals surface area contributed by atoms with Crippen molar-refractivity contribution in [1.29, 1.82) is 0 Å². The van der Waals surface area contributed by atoms with E-state index in [9.17, 15) is 0 Å². The fraction of sp³-hybridized carbons (Fsp3) is 0.946. The van der Waals surface area contributed by atoms with E-state index in [1.807, 2.05) is 0 Å². The Morgan fingerprint density at radius 1 is 0.297 bits per heavy atom. The van der Waals surface area contributed by atoms with Crippen molar-refractivity contribution in [3.8, 4) is 0 Å². The van der Waals surface area contributed by atoms with Gasteiger partial charge in [0.25, 0.3) is 0 Å². The minimum absolute atomic E-state index is 1.04. The average Bonchev–Trinajstić information content (AvgIpc) is 2.91. The molecule has 2 unspecified atom stereocenters. The predicted octanol–water partition coefficient (Wildman–Crippen LogP) is 13.5. The summed E-state index contributed by atoms with van der Waals surface area (Å²) in [5.41, 5.74) is 0.